The summed E-state index contributed by atoms with van der Waals surface area (Å²) < 4.78 is 0. The molecule has 168 valence electrons. The van der Waals surface area contributed by atoms with Gasteiger partial charge in [0.15, 0.2) is 0 Å². The van der Waals surface area contributed by atoms with Crippen LogP contribution in [0.15, 0.2) is 48.5 Å². The van der Waals surface area contributed by atoms with E-state index in [-0.39, 0.29) is 11.8 Å². The van der Waals surface area contributed by atoms with Crippen molar-refractivity contribution in [3.8, 4) is 21.6 Å². The summed E-state index contributed by atoms with van der Waals surface area (Å²) in [5, 5.41) is 5.11. The van der Waals surface area contributed by atoms with Crippen LogP contribution in [0.1, 0.15) is 43.4 Å². The molecule has 4 rings (SSSR count). The van der Waals surface area contributed by atoms with Crippen molar-refractivity contribution in [2.75, 3.05) is 6.54 Å². The van der Waals surface area contributed by atoms with Crippen LogP contribution in [-0.2, 0) is 11.2 Å². The van der Waals surface area contributed by atoms with E-state index >= 15 is 0 Å². The van der Waals surface area contributed by atoms with E-state index in [0.29, 0.717) is 21.6 Å². The molecule has 1 aliphatic carbocycles. The number of hydrogen-bond donors (Lipinski definition) is 1. The first-order valence-corrected chi connectivity index (χ1v) is 13.1. The van der Waals surface area contributed by atoms with Crippen LogP contribution in [0.3, 0.4) is 0 Å². The Morgan fingerprint density at radius 3 is 2.25 bits per heavy atom. The van der Waals surface area contributed by atoms with Gasteiger partial charge in [-0.25, -0.2) is 0 Å². The highest BCUT2D eigenvalue weighted by atomic mass is 35.5. The molecule has 1 heterocycles. The van der Waals surface area contributed by atoms with E-state index in [1.807, 2.05) is 36.4 Å². The SMILES string of the molecule is O=C(NCCc1cc(-c2ccc(Cl)cc2Cl)c(-c2ccc(Cl)cc2)s1)C1CCCCCC1. The van der Waals surface area contributed by atoms with Crippen LogP contribution in [0.25, 0.3) is 21.6 Å². The molecule has 0 spiro atoms. The first-order valence-electron chi connectivity index (χ1n) is 11.1. The van der Waals surface area contributed by atoms with Crippen molar-refractivity contribution in [2.45, 2.75) is 44.9 Å². The standard InChI is InChI=1S/C26H26Cl3NOS/c27-19-9-7-17(8-10-19)25-23(22-12-11-20(28)15-24(22)29)16-21(32-25)13-14-30-26(31)18-5-3-1-2-4-6-18/h7-12,15-16,18H,1-6,13-14H2,(H,30,31). The number of carbonyl (C=O) groups is 1. The molecule has 0 bridgehead atoms. The molecule has 0 saturated heterocycles. The molecule has 1 aliphatic rings. The maximum absolute atomic E-state index is 12.6. The third-order valence-corrected chi connectivity index (χ3v) is 8.05. The van der Waals surface area contributed by atoms with Gasteiger partial charge in [-0.05, 0) is 55.2 Å². The summed E-state index contributed by atoms with van der Waals surface area (Å²) in [4.78, 5) is 15.0. The van der Waals surface area contributed by atoms with Crippen LogP contribution in [0.2, 0.25) is 15.1 Å². The van der Waals surface area contributed by atoms with Gasteiger partial charge < -0.3 is 5.32 Å². The van der Waals surface area contributed by atoms with Crippen molar-refractivity contribution in [3.05, 3.63) is 68.5 Å². The van der Waals surface area contributed by atoms with Gasteiger partial charge >= 0.3 is 0 Å². The first-order chi connectivity index (χ1) is 15.5. The van der Waals surface area contributed by atoms with Crippen molar-refractivity contribution in [3.63, 3.8) is 0 Å². The van der Waals surface area contributed by atoms with Crippen LogP contribution in [0.5, 0.6) is 0 Å². The second kappa shape index (κ2) is 11.1. The zero-order chi connectivity index (χ0) is 22.5. The quantitative estimate of drug-likeness (QED) is 0.333. The van der Waals surface area contributed by atoms with Gasteiger partial charge in [0, 0.05) is 48.4 Å². The molecule has 1 fully saturated rings. The van der Waals surface area contributed by atoms with Crippen LogP contribution in [0, 0.1) is 5.92 Å². The van der Waals surface area contributed by atoms with Gasteiger partial charge in [0.25, 0.3) is 0 Å². The highest BCUT2D eigenvalue weighted by molar-refractivity contribution is 7.16. The van der Waals surface area contributed by atoms with Crippen molar-refractivity contribution in [1.29, 1.82) is 0 Å². The van der Waals surface area contributed by atoms with E-state index in [9.17, 15) is 4.79 Å². The molecule has 1 saturated carbocycles. The number of carbonyl (C=O) groups excluding carboxylic acids is 1. The fourth-order valence-electron chi connectivity index (χ4n) is 4.28. The average molecular weight is 507 g/mol. The van der Waals surface area contributed by atoms with Gasteiger partial charge in [-0.15, -0.1) is 11.3 Å². The number of thiophene rings is 1. The number of benzene rings is 2. The smallest absolute Gasteiger partial charge is 0.223 e. The molecule has 32 heavy (non-hydrogen) atoms. The Balaban J connectivity index is 1.53. The third kappa shape index (κ3) is 5.88. The lowest BCUT2D eigenvalue weighted by atomic mass is 9.99. The van der Waals surface area contributed by atoms with Crippen molar-refractivity contribution in [1.82, 2.24) is 5.32 Å². The Morgan fingerprint density at radius 1 is 0.875 bits per heavy atom. The summed E-state index contributed by atoms with van der Waals surface area (Å²) in [5.74, 6) is 0.385. The van der Waals surface area contributed by atoms with Crippen LogP contribution < -0.4 is 5.32 Å². The fourth-order valence-corrected chi connectivity index (χ4v) is 6.10. The largest absolute Gasteiger partial charge is 0.356 e. The molecule has 3 aromatic rings. The van der Waals surface area contributed by atoms with E-state index in [1.54, 1.807) is 17.4 Å². The fraction of sp³-hybridized carbons (Fsp3) is 0.346. The monoisotopic (exact) mass is 505 g/mol. The lowest BCUT2D eigenvalue weighted by molar-refractivity contribution is -0.125. The normalized spacial score (nSPS) is 14.8. The molecule has 2 nitrogen and oxygen atoms in total. The number of hydrogen-bond acceptors (Lipinski definition) is 2. The molecule has 2 aromatic carbocycles. The van der Waals surface area contributed by atoms with E-state index < -0.39 is 0 Å². The average Bonchev–Trinajstić information content (AvgIpc) is 3.00. The number of rotatable bonds is 6. The molecule has 0 radical (unpaired) electrons. The molecule has 1 aromatic heterocycles. The minimum absolute atomic E-state index is 0.175. The van der Waals surface area contributed by atoms with E-state index in [2.05, 4.69) is 11.4 Å². The summed E-state index contributed by atoms with van der Waals surface area (Å²) in [6, 6.07) is 15.6. The van der Waals surface area contributed by atoms with Crippen molar-refractivity contribution < 1.29 is 4.79 Å². The Hall–Kier alpha value is -1.52. The Kier molecular flexibility index (Phi) is 8.17. The van der Waals surface area contributed by atoms with Crippen LogP contribution in [0.4, 0.5) is 0 Å². The lowest BCUT2D eigenvalue weighted by Gasteiger charge is -2.13. The molecular weight excluding hydrogens is 481 g/mol. The maximum Gasteiger partial charge on any atom is 0.223 e. The number of halogens is 3. The van der Waals surface area contributed by atoms with Gasteiger partial charge in [0.1, 0.15) is 0 Å². The molecule has 0 atom stereocenters. The second-order valence-corrected chi connectivity index (χ2v) is 10.7. The first kappa shape index (κ1) is 23.6. The number of amides is 1. The maximum atomic E-state index is 12.6. The van der Waals surface area contributed by atoms with Crippen molar-refractivity contribution >= 4 is 52.0 Å². The van der Waals surface area contributed by atoms with Gasteiger partial charge in [-0.1, -0.05) is 78.7 Å². The van der Waals surface area contributed by atoms with Gasteiger partial charge in [0.2, 0.25) is 5.91 Å². The zero-order valence-corrected chi connectivity index (χ0v) is 20.9. The lowest BCUT2D eigenvalue weighted by Crippen LogP contribution is -2.31. The molecule has 6 heteroatoms. The summed E-state index contributed by atoms with van der Waals surface area (Å²) in [7, 11) is 0. The topological polar surface area (TPSA) is 29.1 Å². The van der Waals surface area contributed by atoms with Crippen molar-refractivity contribution in [2.24, 2.45) is 5.92 Å². The van der Waals surface area contributed by atoms with E-state index in [1.165, 1.54) is 30.6 Å². The second-order valence-electron chi connectivity index (χ2n) is 8.32. The van der Waals surface area contributed by atoms with Crippen LogP contribution >= 0.6 is 46.1 Å². The Morgan fingerprint density at radius 2 is 1.56 bits per heavy atom. The predicted octanol–water partition coefficient (Wildman–Crippen LogP) is 8.67. The molecule has 1 N–H and O–H groups in total. The number of nitrogens with one attached hydrogen (secondary N) is 1. The van der Waals surface area contributed by atoms with E-state index in [0.717, 1.165) is 40.8 Å². The minimum atomic E-state index is 0.175. The van der Waals surface area contributed by atoms with Gasteiger partial charge in [-0.3, -0.25) is 4.79 Å². The minimum Gasteiger partial charge on any atom is -0.356 e. The summed E-state index contributed by atoms with van der Waals surface area (Å²) in [6.07, 6.45) is 7.66. The predicted molar refractivity (Wildman–Crippen MR) is 138 cm³/mol. The summed E-state index contributed by atoms with van der Waals surface area (Å²) in [6.45, 7) is 0.643. The summed E-state index contributed by atoms with van der Waals surface area (Å²) >= 11 is 20.5. The summed E-state index contributed by atoms with van der Waals surface area (Å²) in [5.41, 5.74) is 3.12. The molecule has 0 aliphatic heterocycles. The molecule has 0 unspecified atom stereocenters. The zero-order valence-electron chi connectivity index (χ0n) is 17.8. The van der Waals surface area contributed by atoms with Gasteiger partial charge in [-0.2, -0.15) is 0 Å². The van der Waals surface area contributed by atoms with Crippen LogP contribution in [-0.4, -0.2) is 12.5 Å². The Bertz CT molecular complexity index is 1070. The van der Waals surface area contributed by atoms with E-state index in [4.69, 9.17) is 34.8 Å². The highest BCUT2D eigenvalue weighted by Gasteiger charge is 2.20. The molecular formula is C26H26Cl3NOS. The molecule has 1 amide bonds. The van der Waals surface area contributed by atoms with Gasteiger partial charge in [0.05, 0.1) is 0 Å². The highest BCUT2D eigenvalue weighted by Crippen LogP contribution is 2.42. The third-order valence-electron chi connectivity index (χ3n) is 6.01. The Labute approximate surface area is 208 Å².